The van der Waals surface area contributed by atoms with Gasteiger partial charge in [-0.15, -0.1) is 0 Å². The Bertz CT molecular complexity index is 546. The topological polar surface area (TPSA) is 66.8 Å². The molecule has 0 bridgehead atoms. The zero-order valence-corrected chi connectivity index (χ0v) is 12.6. The first-order chi connectivity index (χ1) is 10.0. The minimum Gasteiger partial charge on any atom is -0.507 e. The summed E-state index contributed by atoms with van der Waals surface area (Å²) >= 11 is 5.86. The summed E-state index contributed by atoms with van der Waals surface area (Å²) in [6, 6.07) is 4.35. The number of ether oxygens (including phenoxy) is 1. The van der Waals surface area contributed by atoms with Crippen LogP contribution in [0.15, 0.2) is 18.2 Å². The van der Waals surface area contributed by atoms with Crippen LogP contribution in [0.1, 0.15) is 30.1 Å². The van der Waals surface area contributed by atoms with E-state index in [9.17, 15) is 14.7 Å². The highest BCUT2D eigenvalue weighted by Crippen LogP contribution is 2.26. The Morgan fingerprint density at radius 1 is 1.48 bits per heavy atom. The Kier molecular flexibility index (Phi) is 5.07. The minimum atomic E-state index is -0.316. The van der Waals surface area contributed by atoms with E-state index in [0.29, 0.717) is 31.1 Å². The van der Waals surface area contributed by atoms with E-state index < -0.39 is 0 Å². The SMILES string of the molecule is CCOC(=O)[C@@H]1CCCN(C(=O)c2cc(Cl)ccc2O)C1. The van der Waals surface area contributed by atoms with Crippen molar-refractivity contribution in [3.8, 4) is 5.75 Å². The van der Waals surface area contributed by atoms with Gasteiger partial charge < -0.3 is 14.7 Å². The predicted molar refractivity (Wildman–Crippen MR) is 78.4 cm³/mol. The van der Waals surface area contributed by atoms with Crippen LogP contribution in [0.3, 0.4) is 0 Å². The van der Waals surface area contributed by atoms with Crippen molar-refractivity contribution in [1.82, 2.24) is 4.90 Å². The van der Waals surface area contributed by atoms with Crippen LogP contribution in [0.5, 0.6) is 5.75 Å². The number of benzene rings is 1. The zero-order valence-electron chi connectivity index (χ0n) is 11.8. The van der Waals surface area contributed by atoms with Crippen molar-refractivity contribution < 1.29 is 19.4 Å². The number of hydrogen-bond acceptors (Lipinski definition) is 4. The normalized spacial score (nSPS) is 18.4. The molecule has 1 amide bonds. The van der Waals surface area contributed by atoms with Gasteiger partial charge in [-0.05, 0) is 38.0 Å². The van der Waals surface area contributed by atoms with Crippen molar-refractivity contribution in [2.24, 2.45) is 5.92 Å². The standard InChI is InChI=1S/C15H18ClNO4/c1-2-21-15(20)10-4-3-7-17(9-10)14(19)12-8-11(16)5-6-13(12)18/h5-6,8,10,18H,2-4,7,9H2,1H3/t10-/m1/s1. The number of amides is 1. The summed E-state index contributed by atoms with van der Waals surface area (Å²) < 4.78 is 5.01. The second kappa shape index (κ2) is 6.80. The number of aromatic hydroxyl groups is 1. The number of esters is 1. The maximum atomic E-state index is 12.5. The third kappa shape index (κ3) is 3.67. The van der Waals surface area contributed by atoms with Gasteiger partial charge in [0.25, 0.3) is 5.91 Å². The van der Waals surface area contributed by atoms with Gasteiger partial charge in [0, 0.05) is 18.1 Å². The average molecular weight is 312 g/mol. The lowest BCUT2D eigenvalue weighted by Crippen LogP contribution is -2.42. The third-order valence-electron chi connectivity index (χ3n) is 3.52. The lowest BCUT2D eigenvalue weighted by Gasteiger charge is -2.31. The first-order valence-electron chi connectivity index (χ1n) is 6.97. The Labute approximate surface area is 128 Å². The van der Waals surface area contributed by atoms with Crippen LogP contribution in [0, 0.1) is 5.92 Å². The van der Waals surface area contributed by atoms with Crippen LogP contribution in [0.25, 0.3) is 0 Å². The molecule has 2 rings (SSSR count). The molecule has 0 unspecified atom stereocenters. The molecule has 1 saturated heterocycles. The van der Waals surface area contributed by atoms with Crippen LogP contribution >= 0.6 is 11.6 Å². The number of phenolic OH excluding ortho intramolecular Hbond substituents is 1. The van der Waals surface area contributed by atoms with Gasteiger partial charge in [0.15, 0.2) is 0 Å². The van der Waals surface area contributed by atoms with Crippen molar-refractivity contribution in [2.45, 2.75) is 19.8 Å². The number of piperidine rings is 1. The second-order valence-electron chi connectivity index (χ2n) is 5.00. The average Bonchev–Trinajstić information content (AvgIpc) is 2.49. The molecule has 1 N–H and O–H groups in total. The van der Waals surface area contributed by atoms with Gasteiger partial charge in [0.1, 0.15) is 5.75 Å². The molecule has 0 radical (unpaired) electrons. The monoisotopic (exact) mass is 311 g/mol. The van der Waals surface area contributed by atoms with E-state index in [1.165, 1.54) is 18.2 Å². The van der Waals surface area contributed by atoms with E-state index in [4.69, 9.17) is 16.3 Å². The number of hydrogen-bond donors (Lipinski definition) is 1. The fourth-order valence-electron chi connectivity index (χ4n) is 2.46. The van der Waals surface area contributed by atoms with Crippen LogP contribution in [-0.4, -0.2) is 41.6 Å². The van der Waals surface area contributed by atoms with Crippen LogP contribution in [-0.2, 0) is 9.53 Å². The highest BCUT2D eigenvalue weighted by molar-refractivity contribution is 6.31. The number of likely N-dealkylation sites (tertiary alicyclic amines) is 1. The Hall–Kier alpha value is -1.75. The fourth-order valence-corrected chi connectivity index (χ4v) is 2.64. The van der Waals surface area contributed by atoms with Crippen LogP contribution in [0.4, 0.5) is 0 Å². The first-order valence-corrected chi connectivity index (χ1v) is 7.35. The fraction of sp³-hybridized carbons (Fsp3) is 0.467. The summed E-state index contributed by atoms with van der Waals surface area (Å²) in [6.45, 7) is 2.95. The van der Waals surface area contributed by atoms with Gasteiger partial charge in [-0.2, -0.15) is 0 Å². The van der Waals surface area contributed by atoms with Gasteiger partial charge in [-0.1, -0.05) is 11.6 Å². The van der Waals surface area contributed by atoms with Gasteiger partial charge in [-0.3, -0.25) is 9.59 Å². The molecule has 0 spiro atoms. The highest BCUT2D eigenvalue weighted by atomic mass is 35.5. The maximum Gasteiger partial charge on any atom is 0.310 e. The minimum absolute atomic E-state index is 0.109. The van der Waals surface area contributed by atoms with Gasteiger partial charge in [0.05, 0.1) is 18.1 Å². The molecule has 0 aromatic heterocycles. The molecule has 1 fully saturated rings. The summed E-state index contributed by atoms with van der Waals surface area (Å²) in [6.07, 6.45) is 1.45. The lowest BCUT2D eigenvalue weighted by molar-refractivity contribution is -0.149. The molecule has 21 heavy (non-hydrogen) atoms. The lowest BCUT2D eigenvalue weighted by atomic mass is 9.97. The Morgan fingerprint density at radius 3 is 2.95 bits per heavy atom. The molecule has 1 aliphatic heterocycles. The molecule has 1 aliphatic rings. The predicted octanol–water partition coefficient (Wildman–Crippen LogP) is 2.46. The summed E-state index contributed by atoms with van der Waals surface area (Å²) in [5.74, 6) is -0.999. The Balaban J connectivity index is 2.12. The molecule has 1 atom stereocenters. The van der Waals surface area contributed by atoms with E-state index in [2.05, 4.69) is 0 Å². The molecular weight excluding hydrogens is 294 g/mol. The molecule has 114 valence electrons. The summed E-state index contributed by atoms with van der Waals surface area (Å²) in [4.78, 5) is 25.8. The number of halogens is 1. The number of carbonyl (C=O) groups excluding carboxylic acids is 2. The smallest absolute Gasteiger partial charge is 0.310 e. The second-order valence-corrected chi connectivity index (χ2v) is 5.44. The van der Waals surface area contributed by atoms with Crippen molar-refractivity contribution in [3.05, 3.63) is 28.8 Å². The van der Waals surface area contributed by atoms with E-state index in [1.54, 1.807) is 11.8 Å². The number of carbonyl (C=O) groups is 2. The van der Waals surface area contributed by atoms with E-state index in [-0.39, 0.29) is 29.1 Å². The van der Waals surface area contributed by atoms with Crippen molar-refractivity contribution in [1.29, 1.82) is 0 Å². The highest BCUT2D eigenvalue weighted by Gasteiger charge is 2.30. The van der Waals surface area contributed by atoms with Crippen LogP contribution < -0.4 is 0 Å². The molecule has 1 aromatic rings. The first kappa shape index (κ1) is 15.6. The quantitative estimate of drug-likeness (QED) is 0.871. The number of phenols is 1. The number of rotatable bonds is 3. The zero-order chi connectivity index (χ0) is 15.4. The van der Waals surface area contributed by atoms with Crippen molar-refractivity contribution in [3.63, 3.8) is 0 Å². The van der Waals surface area contributed by atoms with E-state index in [1.807, 2.05) is 0 Å². The van der Waals surface area contributed by atoms with Gasteiger partial charge >= 0.3 is 5.97 Å². The molecule has 1 heterocycles. The molecule has 6 heteroatoms. The number of nitrogens with zero attached hydrogens (tertiary/aromatic N) is 1. The van der Waals surface area contributed by atoms with Gasteiger partial charge in [0.2, 0.25) is 0 Å². The van der Waals surface area contributed by atoms with Crippen molar-refractivity contribution in [2.75, 3.05) is 19.7 Å². The molecule has 1 aromatic carbocycles. The van der Waals surface area contributed by atoms with E-state index >= 15 is 0 Å². The molecule has 0 saturated carbocycles. The van der Waals surface area contributed by atoms with Crippen LogP contribution in [0.2, 0.25) is 5.02 Å². The van der Waals surface area contributed by atoms with Crippen molar-refractivity contribution >= 4 is 23.5 Å². The maximum absolute atomic E-state index is 12.5. The Morgan fingerprint density at radius 2 is 2.24 bits per heavy atom. The summed E-state index contributed by atoms with van der Waals surface area (Å²) in [5, 5.41) is 10.2. The third-order valence-corrected chi connectivity index (χ3v) is 3.75. The molecular formula is C15H18ClNO4. The summed E-state index contributed by atoms with van der Waals surface area (Å²) in [7, 11) is 0. The van der Waals surface area contributed by atoms with Gasteiger partial charge in [-0.25, -0.2) is 0 Å². The largest absolute Gasteiger partial charge is 0.507 e. The molecule has 0 aliphatic carbocycles. The van der Waals surface area contributed by atoms with E-state index in [0.717, 1.165) is 6.42 Å². The summed E-state index contributed by atoms with van der Waals surface area (Å²) in [5.41, 5.74) is 0.159. The molecule has 5 nitrogen and oxygen atoms in total.